The number of nitrogens with one attached hydrogen (secondary N) is 1. The fraction of sp³-hybridized carbons (Fsp3) is 0.773. The number of amides is 1. The minimum Gasteiger partial charge on any atom is -0.480 e. The molecule has 0 aromatic carbocycles. The van der Waals surface area contributed by atoms with Gasteiger partial charge in [0.15, 0.2) is 0 Å². The maximum atomic E-state index is 11.6. The highest BCUT2D eigenvalue weighted by molar-refractivity contribution is 5.70. The van der Waals surface area contributed by atoms with E-state index >= 15 is 0 Å². The maximum absolute atomic E-state index is 11.6. The predicted octanol–water partition coefficient (Wildman–Crippen LogP) is -3.52. The number of carboxylic acids is 4. The molecule has 1 heterocycles. The van der Waals surface area contributed by atoms with Crippen molar-refractivity contribution in [2.75, 3.05) is 105 Å². The summed E-state index contributed by atoms with van der Waals surface area (Å²) in [6, 6.07) is 0. The zero-order valence-corrected chi connectivity index (χ0v) is 21.9. The average Bonchev–Trinajstić information content (AvgIpc) is 2.80. The largest absolute Gasteiger partial charge is 0.480 e. The van der Waals surface area contributed by atoms with Gasteiger partial charge in [-0.25, -0.2) is 4.79 Å². The number of carbonyl (C=O) groups is 5. The Labute approximate surface area is 225 Å². The Morgan fingerprint density at radius 2 is 1.18 bits per heavy atom. The molecule has 1 unspecified atom stereocenters. The highest BCUT2D eigenvalue weighted by atomic mass is 16.4. The standard InChI is InChI=1S/C22H40N6O11/c29-17(13-27(16-21(36)37)2-1-23-11-18(30)31)12-24-3-5-25(14-19(32)33)7-9-28(22(38)39)10-8-26(6-4-24)15-20(34)35/h17,23,29H,1-16H2,(H,30,31)(H,32,33)(H,34,35)(H,36,37)(H,38,39). The van der Waals surface area contributed by atoms with E-state index in [-0.39, 0.29) is 105 Å². The van der Waals surface area contributed by atoms with Crippen LogP contribution in [-0.2, 0) is 19.2 Å². The van der Waals surface area contributed by atoms with Crippen molar-refractivity contribution in [2.45, 2.75) is 6.10 Å². The van der Waals surface area contributed by atoms with Crippen molar-refractivity contribution in [3.63, 3.8) is 0 Å². The van der Waals surface area contributed by atoms with E-state index in [9.17, 15) is 49.5 Å². The van der Waals surface area contributed by atoms with Crippen molar-refractivity contribution in [1.82, 2.24) is 29.8 Å². The number of aliphatic hydroxyl groups is 1. The normalized spacial score (nSPS) is 17.7. The van der Waals surface area contributed by atoms with Crippen molar-refractivity contribution in [1.29, 1.82) is 0 Å². The number of rotatable bonds is 15. The molecule has 1 rings (SSSR count). The highest BCUT2D eigenvalue weighted by Gasteiger charge is 2.23. The summed E-state index contributed by atoms with van der Waals surface area (Å²) < 4.78 is 0. The molecule has 0 spiro atoms. The summed E-state index contributed by atoms with van der Waals surface area (Å²) in [6.45, 7) is 0.548. The van der Waals surface area contributed by atoms with Crippen molar-refractivity contribution in [3.8, 4) is 0 Å². The number of hydrogen-bond donors (Lipinski definition) is 7. The van der Waals surface area contributed by atoms with Gasteiger partial charge in [0, 0.05) is 78.5 Å². The molecule has 17 heteroatoms. The molecule has 17 nitrogen and oxygen atoms in total. The number of aliphatic carboxylic acids is 4. The summed E-state index contributed by atoms with van der Waals surface area (Å²) in [5.41, 5.74) is 0. The fourth-order valence-corrected chi connectivity index (χ4v) is 4.12. The number of nitrogens with zero attached hydrogens (tertiary/aromatic N) is 5. The van der Waals surface area contributed by atoms with Crippen LogP contribution in [0.2, 0.25) is 0 Å². The molecule has 0 aliphatic carbocycles. The van der Waals surface area contributed by atoms with Gasteiger partial charge in [0.2, 0.25) is 0 Å². The van der Waals surface area contributed by atoms with Gasteiger partial charge in [-0.05, 0) is 0 Å². The lowest BCUT2D eigenvalue weighted by Gasteiger charge is -2.34. The molecule has 0 saturated carbocycles. The summed E-state index contributed by atoms with van der Waals surface area (Å²) in [5, 5.41) is 59.4. The molecule has 1 aliphatic rings. The topological polar surface area (TPSA) is 235 Å². The van der Waals surface area contributed by atoms with E-state index in [4.69, 9.17) is 5.11 Å². The van der Waals surface area contributed by atoms with Crippen molar-refractivity contribution >= 4 is 30.0 Å². The van der Waals surface area contributed by atoms with Crippen LogP contribution in [0.25, 0.3) is 0 Å². The van der Waals surface area contributed by atoms with E-state index < -0.39 is 36.1 Å². The lowest BCUT2D eigenvalue weighted by molar-refractivity contribution is -0.139. The highest BCUT2D eigenvalue weighted by Crippen LogP contribution is 2.04. The summed E-state index contributed by atoms with van der Waals surface area (Å²) in [4.78, 5) is 63.8. The van der Waals surface area contributed by atoms with Crippen LogP contribution in [0.5, 0.6) is 0 Å². The summed E-state index contributed by atoms with van der Waals surface area (Å²) in [5.74, 6) is -4.33. The molecule has 1 amide bonds. The van der Waals surface area contributed by atoms with Crippen LogP contribution in [-0.4, -0.2) is 196 Å². The molecule has 0 radical (unpaired) electrons. The first-order valence-electron chi connectivity index (χ1n) is 12.5. The first-order valence-corrected chi connectivity index (χ1v) is 12.5. The van der Waals surface area contributed by atoms with Gasteiger partial charge in [0.1, 0.15) is 0 Å². The second-order valence-corrected chi connectivity index (χ2v) is 9.26. The first kappa shape index (κ1) is 33.9. The van der Waals surface area contributed by atoms with Crippen LogP contribution >= 0.6 is 0 Å². The zero-order chi connectivity index (χ0) is 29.4. The second-order valence-electron chi connectivity index (χ2n) is 9.26. The number of carboxylic acid groups (broad SMARTS) is 5. The maximum Gasteiger partial charge on any atom is 0.407 e. The van der Waals surface area contributed by atoms with E-state index in [0.717, 1.165) is 4.90 Å². The van der Waals surface area contributed by atoms with Gasteiger partial charge in [0.25, 0.3) is 0 Å². The van der Waals surface area contributed by atoms with Crippen molar-refractivity contribution < 1.29 is 54.6 Å². The number of hydrogen-bond acceptors (Lipinski definition) is 11. The van der Waals surface area contributed by atoms with Crippen molar-refractivity contribution in [2.24, 2.45) is 0 Å². The molecule has 1 atom stereocenters. The molecule has 0 aromatic rings. The molecule has 39 heavy (non-hydrogen) atoms. The SMILES string of the molecule is O=C(O)CNCCN(CC(=O)O)CC(O)CN1CCN(CC(=O)O)CCN(C(=O)O)CCN(CC(=O)O)CC1. The van der Waals surface area contributed by atoms with E-state index in [0.29, 0.717) is 0 Å². The third-order valence-corrected chi connectivity index (χ3v) is 6.00. The van der Waals surface area contributed by atoms with Crippen LogP contribution in [0.15, 0.2) is 0 Å². The Balaban J connectivity index is 2.93. The molecular formula is C22H40N6O11. The average molecular weight is 565 g/mol. The molecule has 7 N–H and O–H groups in total. The van der Waals surface area contributed by atoms with Gasteiger partial charge in [-0.3, -0.25) is 38.8 Å². The Kier molecular flexibility index (Phi) is 15.9. The Hall–Kier alpha value is -3.09. The lowest BCUT2D eigenvalue weighted by atomic mass is 10.2. The Morgan fingerprint density at radius 1 is 0.692 bits per heavy atom. The third-order valence-electron chi connectivity index (χ3n) is 6.00. The smallest absolute Gasteiger partial charge is 0.407 e. The second kappa shape index (κ2) is 18.2. The van der Waals surface area contributed by atoms with Crippen LogP contribution in [0.1, 0.15) is 0 Å². The van der Waals surface area contributed by atoms with E-state index in [1.54, 1.807) is 9.80 Å². The minimum absolute atomic E-state index is 0.0250. The lowest BCUT2D eigenvalue weighted by Crippen LogP contribution is -2.50. The van der Waals surface area contributed by atoms with Crippen LogP contribution in [0.4, 0.5) is 4.79 Å². The van der Waals surface area contributed by atoms with Gasteiger partial charge < -0.3 is 40.9 Å². The summed E-state index contributed by atoms with van der Waals surface area (Å²) in [7, 11) is 0. The zero-order valence-electron chi connectivity index (χ0n) is 21.9. The molecule has 1 aliphatic heterocycles. The third kappa shape index (κ3) is 16.5. The Morgan fingerprint density at radius 3 is 1.62 bits per heavy atom. The molecule has 0 aromatic heterocycles. The predicted molar refractivity (Wildman–Crippen MR) is 135 cm³/mol. The van der Waals surface area contributed by atoms with Gasteiger partial charge in [-0.15, -0.1) is 0 Å². The Bertz CT molecular complexity index is 785. The summed E-state index contributed by atoms with van der Waals surface area (Å²) in [6.07, 6.45) is -2.20. The number of aliphatic hydroxyl groups excluding tert-OH is 1. The van der Waals surface area contributed by atoms with Crippen LogP contribution < -0.4 is 5.32 Å². The van der Waals surface area contributed by atoms with Crippen LogP contribution in [0, 0.1) is 0 Å². The van der Waals surface area contributed by atoms with Gasteiger partial charge in [0.05, 0.1) is 32.3 Å². The van der Waals surface area contributed by atoms with E-state index in [1.807, 2.05) is 4.90 Å². The first-order chi connectivity index (χ1) is 18.3. The van der Waals surface area contributed by atoms with E-state index in [2.05, 4.69) is 5.32 Å². The van der Waals surface area contributed by atoms with Gasteiger partial charge in [-0.1, -0.05) is 0 Å². The molecule has 0 bridgehead atoms. The summed E-state index contributed by atoms with van der Waals surface area (Å²) >= 11 is 0. The number of β-amino-alcohol motifs (C(OH)–C–C–N with tert-alkyl or cyclic N) is 1. The fourth-order valence-electron chi connectivity index (χ4n) is 4.12. The van der Waals surface area contributed by atoms with Gasteiger partial charge in [-0.2, -0.15) is 0 Å². The van der Waals surface area contributed by atoms with Crippen molar-refractivity contribution in [3.05, 3.63) is 0 Å². The molecular weight excluding hydrogens is 524 g/mol. The van der Waals surface area contributed by atoms with Crippen LogP contribution in [0.3, 0.4) is 0 Å². The monoisotopic (exact) mass is 564 g/mol. The molecule has 224 valence electrons. The molecule has 1 saturated heterocycles. The molecule has 1 fully saturated rings. The quantitative estimate of drug-likeness (QED) is 0.0954. The van der Waals surface area contributed by atoms with E-state index in [1.165, 1.54) is 4.90 Å². The minimum atomic E-state index is -1.19. The van der Waals surface area contributed by atoms with Gasteiger partial charge >= 0.3 is 30.0 Å².